The number of ether oxygens (including phenoxy) is 1. The molecule has 5 heteroatoms. The molecule has 2 N–H and O–H groups in total. The van der Waals surface area contributed by atoms with Crippen molar-refractivity contribution in [1.29, 1.82) is 0 Å². The molecule has 0 bridgehead atoms. The number of amides is 1. The van der Waals surface area contributed by atoms with E-state index in [2.05, 4.69) is 22.5 Å². The summed E-state index contributed by atoms with van der Waals surface area (Å²) in [5, 5.41) is 6.09. The van der Waals surface area contributed by atoms with Crippen molar-refractivity contribution in [2.75, 3.05) is 31.6 Å². The normalized spacial score (nSPS) is 18.3. The van der Waals surface area contributed by atoms with Crippen molar-refractivity contribution in [3.8, 4) is 0 Å². The van der Waals surface area contributed by atoms with Crippen LogP contribution in [0, 0.1) is 5.92 Å². The summed E-state index contributed by atoms with van der Waals surface area (Å²) in [5.74, 6) is 1.07. The van der Waals surface area contributed by atoms with Crippen molar-refractivity contribution >= 4 is 11.7 Å². The van der Waals surface area contributed by atoms with E-state index in [1.54, 1.807) is 6.07 Å². The average molecular weight is 263 g/mol. The van der Waals surface area contributed by atoms with E-state index >= 15 is 0 Å². The van der Waals surface area contributed by atoms with Crippen LogP contribution in [-0.2, 0) is 4.74 Å². The number of carbonyl (C=O) groups excluding carboxylic acids is 1. The molecule has 0 spiro atoms. The average Bonchev–Trinajstić information content (AvgIpc) is 2.96. The van der Waals surface area contributed by atoms with Gasteiger partial charge in [0.15, 0.2) is 0 Å². The van der Waals surface area contributed by atoms with Gasteiger partial charge in [-0.3, -0.25) is 4.79 Å². The highest BCUT2D eigenvalue weighted by atomic mass is 16.5. The summed E-state index contributed by atoms with van der Waals surface area (Å²) in [6.07, 6.45) is 2.05. The van der Waals surface area contributed by atoms with Crippen molar-refractivity contribution in [1.82, 2.24) is 10.3 Å². The number of aromatic nitrogens is 1. The molecule has 0 aliphatic carbocycles. The van der Waals surface area contributed by atoms with Crippen LogP contribution >= 0.6 is 0 Å². The van der Waals surface area contributed by atoms with Gasteiger partial charge in [-0.05, 0) is 25.0 Å². The molecule has 1 aliphatic rings. The monoisotopic (exact) mass is 263 g/mol. The van der Waals surface area contributed by atoms with Gasteiger partial charge in [0.2, 0.25) is 0 Å². The van der Waals surface area contributed by atoms with Gasteiger partial charge < -0.3 is 15.4 Å². The van der Waals surface area contributed by atoms with E-state index in [0.29, 0.717) is 18.2 Å². The first-order valence-electron chi connectivity index (χ1n) is 6.86. The lowest BCUT2D eigenvalue weighted by Crippen LogP contribution is -2.30. The van der Waals surface area contributed by atoms with Crippen LogP contribution in [-0.4, -0.2) is 37.2 Å². The maximum absolute atomic E-state index is 12.0. The number of hydrogen-bond donors (Lipinski definition) is 2. The Morgan fingerprint density at radius 3 is 3.16 bits per heavy atom. The van der Waals surface area contributed by atoms with E-state index in [4.69, 9.17) is 4.74 Å². The number of anilines is 1. The van der Waals surface area contributed by atoms with Gasteiger partial charge in [-0.25, -0.2) is 4.98 Å². The fraction of sp³-hybridized carbons (Fsp3) is 0.571. The lowest BCUT2D eigenvalue weighted by atomic mass is 10.1. The largest absolute Gasteiger partial charge is 0.381 e. The summed E-state index contributed by atoms with van der Waals surface area (Å²) in [4.78, 5) is 16.3. The highest BCUT2D eigenvalue weighted by molar-refractivity contribution is 5.92. The zero-order chi connectivity index (χ0) is 13.5. The number of nitrogens with zero attached hydrogens (tertiary/aromatic N) is 1. The minimum absolute atomic E-state index is 0.118. The highest BCUT2D eigenvalue weighted by Crippen LogP contribution is 2.11. The third kappa shape index (κ3) is 4.21. The molecule has 0 saturated carbocycles. The molecule has 19 heavy (non-hydrogen) atoms. The Morgan fingerprint density at radius 1 is 1.53 bits per heavy atom. The van der Waals surface area contributed by atoms with E-state index < -0.39 is 0 Å². The first-order chi connectivity index (χ1) is 9.29. The summed E-state index contributed by atoms with van der Waals surface area (Å²) < 4.78 is 5.28. The van der Waals surface area contributed by atoms with E-state index in [1.165, 1.54) is 0 Å². The number of nitrogens with one attached hydrogen (secondary N) is 2. The fourth-order valence-electron chi connectivity index (χ4n) is 1.98. The molecule has 1 unspecified atom stereocenters. The van der Waals surface area contributed by atoms with E-state index in [-0.39, 0.29) is 5.91 Å². The quantitative estimate of drug-likeness (QED) is 0.819. The lowest BCUT2D eigenvalue weighted by molar-refractivity contribution is 0.0940. The van der Waals surface area contributed by atoms with Crippen LogP contribution < -0.4 is 10.6 Å². The number of carbonyl (C=O) groups is 1. The van der Waals surface area contributed by atoms with Gasteiger partial charge in [-0.1, -0.05) is 13.0 Å². The molecule has 104 valence electrons. The molecule has 1 fully saturated rings. The van der Waals surface area contributed by atoms with Gasteiger partial charge in [0, 0.05) is 25.6 Å². The van der Waals surface area contributed by atoms with Crippen LogP contribution in [0.25, 0.3) is 0 Å². The van der Waals surface area contributed by atoms with Crippen LogP contribution in [0.3, 0.4) is 0 Å². The van der Waals surface area contributed by atoms with Crippen LogP contribution in [0.2, 0.25) is 0 Å². The third-order valence-electron chi connectivity index (χ3n) is 3.11. The maximum atomic E-state index is 12.0. The van der Waals surface area contributed by atoms with Gasteiger partial charge in [0.25, 0.3) is 5.91 Å². The highest BCUT2D eigenvalue weighted by Gasteiger charge is 2.17. The second-order valence-corrected chi connectivity index (χ2v) is 4.77. The molecule has 1 aromatic heterocycles. The second kappa shape index (κ2) is 7.09. The SMILES string of the molecule is CCCNc1cccc(C(=O)NCC2CCOC2)n1. The Bertz CT molecular complexity index is 417. The van der Waals surface area contributed by atoms with Crippen molar-refractivity contribution in [3.05, 3.63) is 23.9 Å². The molecule has 0 radical (unpaired) electrons. The van der Waals surface area contributed by atoms with E-state index in [9.17, 15) is 4.79 Å². The Labute approximate surface area is 113 Å². The molecule has 1 amide bonds. The molecule has 1 aromatic rings. The molecule has 1 atom stereocenters. The van der Waals surface area contributed by atoms with Crippen LogP contribution in [0.5, 0.6) is 0 Å². The van der Waals surface area contributed by atoms with Gasteiger partial charge in [-0.2, -0.15) is 0 Å². The standard InChI is InChI=1S/C14H21N3O2/c1-2-7-15-13-5-3-4-12(17-13)14(18)16-9-11-6-8-19-10-11/h3-5,11H,2,6-10H2,1H3,(H,15,17)(H,16,18). The predicted molar refractivity (Wildman–Crippen MR) is 74.3 cm³/mol. The molecule has 5 nitrogen and oxygen atoms in total. The number of rotatable bonds is 6. The first-order valence-corrected chi connectivity index (χ1v) is 6.86. The van der Waals surface area contributed by atoms with Crippen molar-refractivity contribution in [2.24, 2.45) is 5.92 Å². The zero-order valence-corrected chi connectivity index (χ0v) is 11.3. The van der Waals surface area contributed by atoms with Crippen LogP contribution in [0.4, 0.5) is 5.82 Å². The molecule has 1 aliphatic heterocycles. The van der Waals surface area contributed by atoms with Gasteiger partial charge in [0.05, 0.1) is 6.61 Å². The molecular formula is C14H21N3O2. The van der Waals surface area contributed by atoms with Crippen LogP contribution in [0.1, 0.15) is 30.3 Å². The molecular weight excluding hydrogens is 242 g/mol. The molecule has 1 saturated heterocycles. The first kappa shape index (κ1) is 13.8. The van der Waals surface area contributed by atoms with Gasteiger partial charge >= 0.3 is 0 Å². The van der Waals surface area contributed by atoms with Crippen molar-refractivity contribution < 1.29 is 9.53 Å². The summed E-state index contributed by atoms with van der Waals surface area (Å²) >= 11 is 0. The maximum Gasteiger partial charge on any atom is 0.269 e. The fourth-order valence-corrected chi connectivity index (χ4v) is 1.98. The van der Waals surface area contributed by atoms with E-state index in [0.717, 1.165) is 38.4 Å². The lowest BCUT2D eigenvalue weighted by Gasteiger charge is -2.10. The summed E-state index contributed by atoms with van der Waals surface area (Å²) in [5.41, 5.74) is 0.458. The van der Waals surface area contributed by atoms with Crippen molar-refractivity contribution in [2.45, 2.75) is 19.8 Å². The van der Waals surface area contributed by atoms with Gasteiger partial charge in [0.1, 0.15) is 11.5 Å². The summed E-state index contributed by atoms with van der Waals surface area (Å²) in [6, 6.07) is 5.45. The number of hydrogen-bond acceptors (Lipinski definition) is 4. The summed E-state index contributed by atoms with van der Waals surface area (Å²) in [7, 11) is 0. The predicted octanol–water partition coefficient (Wildman–Crippen LogP) is 1.67. The number of pyridine rings is 1. The molecule has 2 rings (SSSR count). The Balaban J connectivity index is 1.86. The van der Waals surface area contributed by atoms with Crippen molar-refractivity contribution in [3.63, 3.8) is 0 Å². The minimum Gasteiger partial charge on any atom is -0.381 e. The molecule has 0 aromatic carbocycles. The minimum atomic E-state index is -0.118. The molecule has 2 heterocycles. The third-order valence-corrected chi connectivity index (χ3v) is 3.11. The Hall–Kier alpha value is -1.62. The topological polar surface area (TPSA) is 63.2 Å². The smallest absolute Gasteiger partial charge is 0.269 e. The van der Waals surface area contributed by atoms with Crippen LogP contribution in [0.15, 0.2) is 18.2 Å². The van der Waals surface area contributed by atoms with Gasteiger partial charge in [-0.15, -0.1) is 0 Å². The zero-order valence-electron chi connectivity index (χ0n) is 11.3. The summed E-state index contributed by atoms with van der Waals surface area (Å²) in [6.45, 7) is 5.15. The Kier molecular flexibility index (Phi) is 5.15. The second-order valence-electron chi connectivity index (χ2n) is 4.77. The van der Waals surface area contributed by atoms with E-state index in [1.807, 2.05) is 12.1 Å². The Morgan fingerprint density at radius 2 is 2.42 bits per heavy atom.